The summed E-state index contributed by atoms with van der Waals surface area (Å²) in [5.41, 5.74) is 5.07. The molecule has 0 saturated heterocycles. The molecule has 4 heterocycles. The zero-order chi connectivity index (χ0) is 50.4. The highest BCUT2D eigenvalue weighted by Gasteiger charge is 2.43. The maximum Gasteiger partial charge on any atom is 0.266 e. The van der Waals surface area contributed by atoms with Crippen LogP contribution in [0.5, 0.6) is 11.5 Å². The van der Waals surface area contributed by atoms with Crippen molar-refractivity contribution >= 4 is 70.0 Å². The second kappa shape index (κ2) is 16.4. The molecule has 0 radical (unpaired) electrons. The third-order valence-electron chi connectivity index (χ3n) is 13.2. The summed E-state index contributed by atoms with van der Waals surface area (Å²) in [5, 5.41) is 0. The Morgan fingerprint density at radius 3 is 1.16 bits per heavy atom. The maximum atomic E-state index is 14.3. The van der Waals surface area contributed by atoms with Crippen molar-refractivity contribution in [2.75, 3.05) is 19.6 Å². The second-order valence-corrected chi connectivity index (χ2v) is 17.2. The van der Waals surface area contributed by atoms with E-state index in [1.807, 2.05) is 0 Å². The summed E-state index contributed by atoms with van der Waals surface area (Å²) in [4.78, 5) is 115. The fourth-order valence-electron chi connectivity index (χ4n) is 9.76. The molecule has 0 unspecified atom stereocenters. The summed E-state index contributed by atoms with van der Waals surface area (Å²) in [7, 11) is 0. The van der Waals surface area contributed by atoms with Crippen LogP contribution in [-0.2, 0) is 0 Å². The predicted octanol–water partition coefficient (Wildman–Crippen LogP) is 9.98. The Hall–Kier alpha value is -10.8. The number of carbonyl (C=O) groups excluding carboxylic acids is 8. The Balaban J connectivity index is 0.763. The van der Waals surface area contributed by atoms with Crippen LogP contribution in [0.3, 0.4) is 0 Å². The molecule has 73 heavy (non-hydrogen) atoms. The number of benzene rings is 8. The highest BCUT2D eigenvalue weighted by molar-refractivity contribution is 6.39. The number of hydrogen-bond donors (Lipinski definition) is 0. The van der Waals surface area contributed by atoms with E-state index in [2.05, 4.69) is 11.8 Å². The van der Waals surface area contributed by atoms with Gasteiger partial charge in [0, 0.05) is 17.2 Å². The Labute approximate surface area is 415 Å². The molecule has 4 aliphatic rings. The molecule has 8 aromatic carbocycles. The van der Waals surface area contributed by atoms with Gasteiger partial charge in [0.05, 0.1) is 67.3 Å². The Morgan fingerprint density at radius 2 is 0.685 bits per heavy atom. The third kappa shape index (κ3) is 6.69. The van der Waals surface area contributed by atoms with Crippen molar-refractivity contribution < 1.29 is 43.1 Å². The van der Waals surface area contributed by atoms with E-state index in [1.165, 1.54) is 18.2 Å². The standard InChI is InChI=1S/C60H30N4O9/c1-3-33-10-5-12-38(28-33)62-54(66)46-27-21-36(31-50(46)58(62)70)44-17-9-19-48-52(44)60(72)64(56(48)68)40-14-7-15-42(32-40)73-41-24-22-37(23-25-41)61-53(65)45-26-20-35(30-49(45)57(61)69)43-16-8-18-47-51(43)59(71)63(55(47)67)39-13-6-11-34(4-2)29-39/h1-2,5-32H. The molecule has 8 aromatic rings. The van der Waals surface area contributed by atoms with E-state index in [0.29, 0.717) is 50.5 Å². The summed E-state index contributed by atoms with van der Waals surface area (Å²) in [6.07, 6.45) is 11.1. The highest BCUT2D eigenvalue weighted by Crippen LogP contribution is 2.41. The lowest BCUT2D eigenvalue weighted by atomic mass is 9.94. The number of amides is 8. The molecular formula is C60H30N4O9. The molecule has 4 aliphatic heterocycles. The summed E-state index contributed by atoms with van der Waals surface area (Å²) >= 11 is 0. The first-order valence-electron chi connectivity index (χ1n) is 22.6. The lowest BCUT2D eigenvalue weighted by Crippen LogP contribution is -2.29. The minimum atomic E-state index is -0.605. The molecule has 0 fully saturated rings. The summed E-state index contributed by atoms with van der Waals surface area (Å²) in [6.45, 7) is 0. The van der Waals surface area contributed by atoms with Crippen LogP contribution in [0.25, 0.3) is 22.3 Å². The van der Waals surface area contributed by atoms with E-state index >= 15 is 0 Å². The summed E-state index contributed by atoms with van der Waals surface area (Å²) in [5.74, 6) is 1.14. The van der Waals surface area contributed by atoms with Crippen LogP contribution in [0.2, 0.25) is 0 Å². The topological polar surface area (TPSA) is 159 Å². The van der Waals surface area contributed by atoms with Gasteiger partial charge in [-0.25, -0.2) is 19.6 Å². The number of ether oxygens (including phenoxy) is 1. The Kier molecular flexibility index (Phi) is 9.80. The quantitative estimate of drug-likeness (QED) is 0.107. The van der Waals surface area contributed by atoms with Crippen molar-refractivity contribution in [3.63, 3.8) is 0 Å². The monoisotopic (exact) mass is 950 g/mol. The molecule has 0 atom stereocenters. The largest absolute Gasteiger partial charge is 0.457 e. The molecule has 0 saturated carbocycles. The molecule has 0 aliphatic carbocycles. The number of fused-ring (bicyclic) bond motifs is 4. The van der Waals surface area contributed by atoms with Gasteiger partial charge in [-0.3, -0.25) is 38.4 Å². The van der Waals surface area contributed by atoms with Crippen LogP contribution >= 0.6 is 0 Å². The fourth-order valence-corrected chi connectivity index (χ4v) is 9.76. The molecular weight excluding hydrogens is 921 g/mol. The van der Waals surface area contributed by atoms with Gasteiger partial charge >= 0.3 is 0 Å². The number of rotatable bonds is 8. The average Bonchev–Trinajstić information content (AvgIpc) is 4.03. The van der Waals surface area contributed by atoms with Crippen molar-refractivity contribution in [1.82, 2.24) is 0 Å². The number of imide groups is 4. The van der Waals surface area contributed by atoms with E-state index < -0.39 is 47.3 Å². The van der Waals surface area contributed by atoms with Gasteiger partial charge in [0.15, 0.2) is 0 Å². The van der Waals surface area contributed by atoms with Crippen molar-refractivity contribution in [2.24, 2.45) is 0 Å². The average molecular weight is 951 g/mol. The molecule has 12 rings (SSSR count). The van der Waals surface area contributed by atoms with Crippen LogP contribution in [0, 0.1) is 24.7 Å². The number of nitrogens with zero attached hydrogens (tertiary/aromatic N) is 4. The van der Waals surface area contributed by atoms with Crippen molar-refractivity contribution in [3.8, 4) is 58.4 Å². The van der Waals surface area contributed by atoms with Gasteiger partial charge in [0.25, 0.3) is 47.3 Å². The lowest BCUT2D eigenvalue weighted by molar-refractivity contribution is 0.0910. The van der Waals surface area contributed by atoms with Gasteiger partial charge in [-0.15, -0.1) is 12.8 Å². The van der Waals surface area contributed by atoms with Crippen LogP contribution in [0.4, 0.5) is 22.7 Å². The summed E-state index contributed by atoms with van der Waals surface area (Å²) < 4.78 is 6.16. The van der Waals surface area contributed by atoms with E-state index in [-0.39, 0.29) is 61.6 Å². The Morgan fingerprint density at radius 1 is 0.301 bits per heavy atom. The molecule has 0 bridgehead atoms. The third-order valence-corrected chi connectivity index (χ3v) is 13.2. The molecule has 8 amide bonds. The highest BCUT2D eigenvalue weighted by atomic mass is 16.5. The molecule has 13 heteroatoms. The van der Waals surface area contributed by atoms with E-state index in [1.54, 1.807) is 152 Å². The van der Waals surface area contributed by atoms with Crippen molar-refractivity contribution in [2.45, 2.75) is 0 Å². The number of carbonyl (C=O) groups is 8. The van der Waals surface area contributed by atoms with Gasteiger partial charge < -0.3 is 4.74 Å². The molecule has 344 valence electrons. The molecule has 0 spiro atoms. The predicted molar refractivity (Wildman–Crippen MR) is 270 cm³/mol. The normalized spacial score (nSPS) is 14.4. The van der Waals surface area contributed by atoms with E-state index in [4.69, 9.17) is 17.6 Å². The number of terminal acetylenes is 2. The molecule has 0 aromatic heterocycles. The van der Waals surface area contributed by atoms with Gasteiger partial charge in [0.2, 0.25) is 0 Å². The zero-order valence-electron chi connectivity index (χ0n) is 37.8. The minimum absolute atomic E-state index is 0.113. The van der Waals surface area contributed by atoms with Crippen LogP contribution in [0.1, 0.15) is 94.0 Å². The van der Waals surface area contributed by atoms with Crippen molar-refractivity contribution in [3.05, 3.63) is 225 Å². The first-order valence-corrected chi connectivity index (χ1v) is 22.6. The summed E-state index contributed by atoms with van der Waals surface area (Å²) in [6, 6.07) is 44.8. The Bertz CT molecular complexity index is 4010. The maximum absolute atomic E-state index is 14.3. The fraction of sp³-hybridized carbons (Fsp3) is 0. The molecule has 13 nitrogen and oxygen atoms in total. The van der Waals surface area contributed by atoms with E-state index in [9.17, 15) is 38.4 Å². The smallest absolute Gasteiger partial charge is 0.266 e. The van der Waals surface area contributed by atoms with Crippen LogP contribution < -0.4 is 24.3 Å². The minimum Gasteiger partial charge on any atom is -0.457 e. The SMILES string of the molecule is C#Cc1cccc(N2C(=O)c3ccc(-c4cccc5c4C(=O)N(c4cccc(Oc6ccc(N7C(=O)c8ccc(-c9cccc%10c9C(=O)N(c9cccc(C#C)c9)C%10=O)cc8C7=O)cc6)c4)C5=O)cc3C2=O)c1. The van der Waals surface area contributed by atoms with Gasteiger partial charge in [0.1, 0.15) is 11.5 Å². The van der Waals surface area contributed by atoms with Gasteiger partial charge in [-0.2, -0.15) is 0 Å². The lowest BCUT2D eigenvalue weighted by Gasteiger charge is -2.16. The first kappa shape index (κ1) is 43.5. The van der Waals surface area contributed by atoms with Crippen LogP contribution in [0.15, 0.2) is 170 Å². The molecule has 0 N–H and O–H groups in total. The van der Waals surface area contributed by atoms with Crippen molar-refractivity contribution in [1.29, 1.82) is 0 Å². The van der Waals surface area contributed by atoms with Gasteiger partial charge in [-0.1, -0.05) is 66.4 Å². The number of anilines is 4. The first-order chi connectivity index (χ1) is 35.4. The number of hydrogen-bond acceptors (Lipinski definition) is 9. The second-order valence-electron chi connectivity index (χ2n) is 17.2. The van der Waals surface area contributed by atoms with Gasteiger partial charge in [-0.05, 0) is 131 Å². The van der Waals surface area contributed by atoms with E-state index in [0.717, 1.165) is 19.6 Å². The zero-order valence-corrected chi connectivity index (χ0v) is 37.8. The van der Waals surface area contributed by atoms with Crippen LogP contribution in [-0.4, -0.2) is 47.3 Å².